The highest BCUT2D eigenvalue weighted by Gasteiger charge is 2.28. The van der Waals surface area contributed by atoms with Crippen molar-refractivity contribution in [2.24, 2.45) is 0 Å². The van der Waals surface area contributed by atoms with Crippen LogP contribution in [0.5, 0.6) is 0 Å². The number of morpholine rings is 1. The molecule has 0 spiro atoms. The van der Waals surface area contributed by atoms with Crippen LogP contribution in [0.2, 0.25) is 0 Å². The molecule has 0 aliphatic carbocycles. The number of rotatable bonds is 3. The second-order valence-electron chi connectivity index (χ2n) is 5.03. The zero-order chi connectivity index (χ0) is 14.5. The molecule has 0 aromatic heterocycles. The fourth-order valence-corrected chi connectivity index (χ4v) is 2.34. The van der Waals surface area contributed by atoms with Gasteiger partial charge in [-0.2, -0.15) is 0 Å². The molecule has 0 bridgehead atoms. The topological polar surface area (TPSA) is 108 Å². The van der Waals surface area contributed by atoms with Gasteiger partial charge in [-0.1, -0.05) is 0 Å². The predicted molar refractivity (Wildman–Crippen MR) is 68.1 cm³/mol. The Bertz CT molecular complexity index is 391. The molecular weight excluding hydrogens is 266 g/mol. The maximum atomic E-state index is 12.1. The van der Waals surface area contributed by atoms with Crippen LogP contribution in [0.4, 0.5) is 4.79 Å². The molecule has 20 heavy (non-hydrogen) atoms. The number of nitrogens with one attached hydrogen (secondary N) is 2. The molecule has 0 aromatic carbocycles. The monoisotopic (exact) mass is 285 g/mol. The lowest BCUT2D eigenvalue weighted by Crippen LogP contribution is -2.55. The summed E-state index contributed by atoms with van der Waals surface area (Å²) in [7, 11) is 0. The Kier molecular flexibility index (Phi) is 4.78. The quantitative estimate of drug-likeness (QED) is 0.626. The minimum atomic E-state index is -0.938. The molecule has 2 aliphatic heterocycles. The minimum absolute atomic E-state index is 0.00314. The van der Waals surface area contributed by atoms with Crippen LogP contribution in [0.25, 0.3) is 0 Å². The summed E-state index contributed by atoms with van der Waals surface area (Å²) in [6.45, 7) is 1.50. The Hall–Kier alpha value is -1.83. The van der Waals surface area contributed by atoms with Crippen molar-refractivity contribution in [1.82, 2.24) is 15.5 Å². The van der Waals surface area contributed by atoms with Crippen LogP contribution in [0.3, 0.4) is 0 Å². The van der Waals surface area contributed by atoms with Crippen LogP contribution in [-0.2, 0) is 14.3 Å². The lowest BCUT2D eigenvalue weighted by atomic mass is 10.1. The van der Waals surface area contributed by atoms with Crippen molar-refractivity contribution in [2.75, 3.05) is 26.2 Å². The maximum absolute atomic E-state index is 12.1. The number of nitrogens with zero attached hydrogens (tertiary/aromatic N) is 1. The molecule has 112 valence electrons. The molecule has 2 unspecified atom stereocenters. The first-order chi connectivity index (χ1) is 9.54. The van der Waals surface area contributed by atoms with Gasteiger partial charge in [0, 0.05) is 32.1 Å². The first-order valence-electron chi connectivity index (χ1n) is 6.70. The van der Waals surface area contributed by atoms with Gasteiger partial charge in [-0.25, -0.2) is 4.79 Å². The number of carboxylic acids is 1. The Labute approximate surface area is 116 Å². The summed E-state index contributed by atoms with van der Waals surface area (Å²) >= 11 is 0. The number of urea groups is 1. The number of hydrogen-bond donors (Lipinski definition) is 3. The van der Waals surface area contributed by atoms with Gasteiger partial charge in [-0.05, 0) is 6.42 Å². The largest absolute Gasteiger partial charge is 0.481 e. The molecule has 0 radical (unpaired) electrons. The Morgan fingerprint density at radius 1 is 1.50 bits per heavy atom. The zero-order valence-electron chi connectivity index (χ0n) is 11.1. The van der Waals surface area contributed by atoms with E-state index >= 15 is 0 Å². The van der Waals surface area contributed by atoms with E-state index in [0.29, 0.717) is 32.5 Å². The van der Waals surface area contributed by atoms with Gasteiger partial charge in [-0.15, -0.1) is 0 Å². The van der Waals surface area contributed by atoms with Crippen LogP contribution in [0.1, 0.15) is 19.3 Å². The van der Waals surface area contributed by atoms with E-state index in [0.717, 1.165) is 0 Å². The van der Waals surface area contributed by atoms with E-state index in [-0.39, 0.29) is 30.9 Å². The third-order valence-electron chi connectivity index (χ3n) is 3.42. The zero-order valence-corrected chi connectivity index (χ0v) is 11.1. The van der Waals surface area contributed by atoms with E-state index in [1.165, 1.54) is 0 Å². The van der Waals surface area contributed by atoms with E-state index in [2.05, 4.69) is 10.6 Å². The molecule has 3 amide bonds. The van der Waals surface area contributed by atoms with Crippen molar-refractivity contribution in [3.63, 3.8) is 0 Å². The SMILES string of the molecule is O=C(O)CC1CN(C(=O)NC2CCC(=O)NC2)CCO1. The third-order valence-corrected chi connectivity index (χ3v) is 3.42. The number of carbonyl (C=O) groups is 3. The van der Waals surface area contributed by atoms with Crippen LogP contribution >= 0.6 is 0 Å². The molecule has 2 fully saturated rings. The van der Waals surface area contributed by atoms with E-state index in [1.54, 1.807) is 4.90 Å². The van der Waals surface area contributed by atoms with Crippen LogP contribution in [0, 0.1) is 0 Å². The summed E-state index contributed by atoms with van der Waals surface area (Å²) in [4.78, 5) is 35.3. The lowest BCUT2D eigenvalue weighted by Gasteiger charge is -2.34. The Morgan fingerprint density at radius 2 is 2.30 bits per heavy atom. The highest BCUT2D eigenvalue weighted by molar-refractivity contribution is 5.78. The molecule has 8 nitrogen and oxygen atoms in total. The number of hydrogen-bond acceptors (Lipinski definition) is 4. The van der Waals surface area contributed by atoms with Gasteiger partial charge in [0.2, 0.25) is 5.91 Å². The summed E-state index contributed by atoms with van der Waals surface area (Å²) in [5.41, 5.74) is 0. The molecular formula is C12H19N3O5. The first kappa shape index (κ1) is 14.6. The Morgan fingerprint density at radius 3 is 2.95 bits per heavy atom. The molecule has 2 aliphatic rings. The van der Waals surface area contributed by atoms with Crippen molar-refractivity contribution in [1.29, 1.82) is 0 Å². The second kappa shape index (κ2) is 6.56. The average molecular weight is 285 g/mol. The fourth-order valence-electron chi connectivity index (χ4n) is 2.34. The fraction of sp³-hybridized carbons (Fsp3) is 0.750. The number of piperidine rings is 1. The molecule has 2 atom stereocenters. The van der Waals surface area contributed by atoms with E-state index < -0.39 is 12.1 Å². The number of aliphatic carboxylic acids is 1. The van der Waals surface area contributed by atoms with E-state index in [4.69, 9.17) is 9.84 Å². The highest BCUT2D eigenvalue weighted by Crippen LogP contribution is 2.10. The van der Waals surface area contributed by atoms with Crippen molar-refractivity contribution in [3.05, 3.63) is 0 Å². The number of ether oxygens (including phenoxy) is 1. The standard InChI is InChI=1S/C12H19N3O5/c16-10-2-1-8(6-13-10)14-12(19)15-3-4-20-9(7-15)5-11(17)18/h8-9H,1-7H2,(H,13,16)(H,14,19)(H,17,18). The van der Waals surface area contributed by atoms with Crippen molar-refractivity contribution < 1.29 is 24.2 Å². The Balaban J connectivity index is 1.79. The normalized spacial score (nSPS) is 26.8. The minimum Gasteiger partial charge on any atom is -0.481 e. The van der Waals surface area contributed by atoms with Crippen molar-refractivity contribution in [3.8, 4) is 0 Å². The molecule has 0 saturated carbocycles. The molecule has 0 aromatic rings. The van der Waals surface area contributed by atoms with Gasteiger partial charge in [0.05, 0.1) is 19.1 Å². The van der Waals surface area contributed by atoms with Gasteiger partial charge >= 0.3 is 12.0 Å². The van der Waals surface area contributed by atoms with E-state index in [9.17, 15) is 14.4 Å². The smallest absolute Gasteiger partial charge is 0.317 e. The second-order valence-corrected chi connectivity index (χ2v) is 5.03. The first-order valence-corrected chi connectivity index (χ1v) is 6.70. The maximum Gasteiger partial charge on any atom is 0.317 e. The van der Waals surface area contributed by atoms with Crippen LogP contribution in [-0.4, -0.2) is 66.3 Å². The molecule has 8 heteroatoms. The summed E-state index contributed by atoms with van der Waals surface area (Å²) < 4.78 is 5.31. The molecule has 2 saturated heterocycles. The average Bonchev–Trinajstić information content (AvgIpc) is 2.41. The summed E-state index contributed by atoms with van der Waals surface area (Å²) in [5, 5.41) is 14.3. The summed E-state index contributed by atoms with van der Waals surface area (Å²) in [6.07, 6.45) is 0.470. The van der Waals surface area contributed by atoms with Crippen molar-refractivity contribution >= 4 is 17.9 Å². The molecule has 2 rings (SSSR count). The van der Waals surface area contributed by atoms with Gasteiger partial charge in [0.15, 0.2) is 0 Å². The van der Waals surface area contributed by atoms with Gasteiger partial charge in [0.1, 0.15) is 0 Å². The number of amides is 3. The number of carbonyl (C=O) groups excluding carboxylic acids is 2. The van der Waals surface area contributed by atoms with E-state index in [1.807, 2.05) is 0 Å². The van der Waals surface area contributed by atoms with Crippen LogP contribution < -0.4 is 10.6 Å². The summed E-state index contributed by atoms with van der Waals surface area (Å²) in [6, 6.07) is -0.300. The summed E-state index contributed by atoms with van der Waals surface area (Å²) in [5.74, 6) is -0.935. The van der Waals surface area contributed by atoms with Gasteiger partial charge in [0.25, 0.3) is 0 Å². The molecule has 2 heterocycles. The number of carboxylic acid groups (broad SMARTS) is 1. The lowest BCUT2D eigenvalue weighted by molar-refractivity contribution is -0.141. The highest BCUT2D eigenvalue weighted by atomic mass is 16.5. The third kappa shape index (κ3) is 4.09. The van der Waals surface area contributed by atoms with Gasteiger partial charge in [-0.3, -0.25) is 9.59 Å². The van der Waals surface area contributed by atoms with Crippen LogP contribution in [0.15, 0.2) is 0 Å². The predicted octanol–water partition coefficient (Wildman–Crippen LogP) is -0.850. The van der Waals surface area contributed by atoms with Crippen molar-refractivity contribution in [2.45, 2.75) is 31.4 Å². The molecule has 3 N–H and O–H groups in total. The van der Waals surface area contributed by atoms with Gasteiger partial charge < -0.3 is 25.4 Å².